The van der Waals surface area contributed by atoms with Crippen LogP contribution < -0.4 is 0 Å². The molecule has 0 aromatic rings. The highest BCUT2D eigenvalue weighted by atomic mass is 16.7. The van der Waals surface area contributed by atoms with Gasteiger partial charge in [0.1, 0.15) is 6.10 Å². The summed E-state index contributed by atoms with van der Waals surface area (Å²) in [6, 6.07) is 1.98. The van der Waals surface area contributed by atoms with Crippen LogP contribution >= 0.6 is 0 Å². The fourth-order valence-corrected chi connectivity index (χ4v) is 2.73. The fraction of sp³-hybridized carbons (Fsp3) is 0.706. The zero-order chi connectivity index (χ0) is 20.6. The summed E-state index contributed by atoms with van der Waals surface area (Å²) in [6.07, 6.45) is -5.02. The Morgan fingerprint density at radius 1 is 0.815 bits per heavy atom. The maximum atomic E-state index is 11.6. The van der Waals surface area contributed by atoms with E-state index >= 15 is 0 Å². The van der Waals surface area contributed by atoms with Gasteiger partial charge in [0.15, 0.2) is 12.2 Å². The summed E-state index contributed by atoms with van der Waals surface area (Å²) in [5.74, 6) is -2.82. The molecule has 1 aliphatic heterocycles. The molecular weight excluding hydrogens is 362 g/mol. The van der Waals surface area contributed by atoms with Gasteiger partial charge in [0, 0.05) is 34.1 Å². The molecule has 0 amide bonds. The zero-order valence-corrected chi connectivity index (χ0v) is 15.6. The summed E-state index contributed by atoms with van der Waals surface area (Å²) in [6.45, 7) is 4.56. The Balaban J connectivity index is 3.25. The first-order chi connectivity index (χ1) is 12.6. The lowest BCUT2D eigenvalue weighted by molar-refractivity contribution is -0.296. The van der Waals surface area contributed by atoms with Crippen LogP contribution in [0.15, 0.2) is 0 Å². The highest BCUT2D eigenvalue weighted by Gasteiger charge is 2.52. The van der Waals surface area contributed by atoms with Crippen LogP contribution in [0.4, 0.5) is 0 Å². The van der Waals surface area contributed by atoms with Crippen LogP contribution in [0.3, 0.4) is 0 Å². The van der Waals surface area contributed by atoms with Crippen LogP contribution in [0.1, 0.15) is 47.0 Å². The molecule has 10 nitrogen and oxygen atoms in total. The molecule has 1 aliphatic rings. The minimum Gasteiger partial charge on any atom is -0.456 e. The van der Waals surface area contributed by atoms with E-state index in [0.717, 1.165) is 27.7 Å². The second-order valence-electron chi connectivity index (χ2n) is 5.92. The molecule has 0 radical (unpaired) electrons. The highest BCUT2D eigenvalue weighted by Crippen LogP contribution is 2.31. The van der Waals surface area contributed by atoms with Gasteiger partial charge in [0.05, 0.1) is 6.07 Å². The average molecular weight is 385 g/mol. The normalized spacial score (nSPS) is 27.0. The second kappa shape index (κ2) is 10.5. The van der Waals surface area contributed by atoms with Crippen LogP contribution in [0.2, 0.25) is 0 Å². The van der Waals surface area contributed by atoms with E-state index < -0.39 is 54.6 Å². The fourth-order valence-electron chi connectivity index (χ4n) is 2.73. The topological polar surface area (TPSA) is 138 Å². The summed E-state index contributed by atoms with van der Waals surface area (Å²) < 4.78 is 26.4. The van der Waals surface area contributed by atoms with Gasteiger partial charge in [-0.1, -0.05) is 0 Å². The molecule has 10 heteroatoms. The van der Waals surface area contributed by atoms with Crippen molar-refractivity contribution in [2.45, 2.75) is 77.7 Å². The molecule has 5 atom stereocenters. The molecule has 1 fully saturated rings. The lowest BCUT2D eigenvalue weighted by Gasteiger charge is -2.43. The Morgan fingerprint density at radius 3 is 1.78 bits per heavy atom. The van der Waals surface area contributed by atoms with Gasteiger partial charge in [-0.3, -0.25) is 19.2 Å². The van der Waals surface area contributed by atoms with E-state index in [9.17, 15) is 19.2 Å². The molecule has 0 bridgehead atoms. The van der Waals surface area contributed by atoms with Gasteiger partial charge in [-0.25, -0.2) is 0 Å². The van der Waals surface area contributed by atoms with Gasteiger partial charge in [0.2, 0.25) is 12.4 Å². The quantitative estimate of drug-likeness (QED) is 0.351. The minimum absolute atomic E-state index is 0.219. The number of unbranched alkanes of at least 4 members (excludes halogenated alkanes) is 1. The molecule has 0 aliphatic carbocycles. The summed E-state index contributed by atoms with van der Waals surface area (Å²) in [5, 5.41) is 8.72. The van der Waals surface area contributed by atoms with Crippen molar-refractivity contribution in [2.75, 3.05) is 0 Å². The predicted molar refractivity (Wildman–Crippen MR) is 86.6 cm³/mol. The van der Waals surface area contributed by atoms with E-state index in [0.29, 0.717) is 6.42 Å². The van der Waals surface area contributed by atoms with E-state index in [4.69, 9.17) is 28.9 Å². The standard InChI is InChI=1S/C17H23NO9/c1-9(19)23-14-13(7-5-6-8-18)27-17(26-12(4)22)16(25-11(3)21)15(14)24-10(2)20/h13-17H,5-7H2,1-4H3/t13-,14-,15+,16-,17+/m1/s1. The first kappa shape index (κ1) is 22.4. The molecule has 1 heterocycles. The number of carbonyl (C=O) groups is 4. The third-order valence-corrected chi connectivity index (χ3v) is 3.56. The second-order valence-corrected chi connectivity index (χ2v) is 5.92. The summed E-state index contributed by atoms with van der Waals surface area (Å²) in [4.78, 5) is 46.0. The van der Waals surface area contributed by atoms with E-state index in [-0.39, 0.29) is 12.8 Å². The number of hydrogen-bond acceptors (Lipinski definition) is 10. The van der Waals surface area contributed by atoms with Gasteiger partial charge in [-0.15, -0.1) is 0 Å². The van der Waals surface area contributed by atoms with Crippen LogP contribution in [-0.4, -0.2) is 54.6 Å². The number of esters is 4. The van der Waals surface area contributed by atoms with Crippen molar-refractivity contribution in [3.63, 3.8) is 0 Å². The lowest BCUT2D eigenvalue weighted by atomic mass is 9.94. The maximum absolute atomic E-state index is 11.6. The number of rotatable bonds is 7. The molecule has 1 rings (SSSR count). The van der Waals surface area contributed by atoms with Gasteiger partial charge >= 0.3 is 23.9 Å². The van der Waals surface area contributed by atoms with Crippen molar-refractivity contribution in [3.05, 3.63) is 0 Å². The number of ether oxygens (including phenoxy) is 5. The summed E-state index contributed by atoms with van der Waals surface area (Å²) in [7, 11) is 0. The highest BCUT2D eigenvalue weighted by molar-refractivity contribution is 5.69. The Kier molecular flexibility index (Phi) is 8.68. The molecule has 0 aromatic heterocycles. The Labute approximate surface area is 156 Å². The molecule has 0 spiro atoms. The van der Waals surface area contributed by atoms with Crippen molar-refractivity contribution < 1.29 is 42.9 Å². The number of hydrogen-bond donors (Lipinski definition) is 0. The van der Waals surface area contributed by atoms with Crippen molar-refractivity contribution >= 4 is 23.9 Å². The van der Waals surface area contributed by atoms with E-state index in [1.54, 1.807) is 0 Å². The van der Waals surface area contributed by atoms with E-state index in [2.05, 4.69) is 0 Å². The van der Waals surface area contributed by atoms with Crippen molar-refractivity contribution in [1.82, 2.24) is 0 Å². The molecule has 0 saturated carbocycles. The van der Waals surface area contributed by atoms with Crippen molar-refractivity contribution in [2.24, 2.45) is 0 Å². The van der Waals surface area contributed by atoms with E-state index in [1.165, 1.54) is 0 Å². The molecule has 0 unspecified atom stereocenters. The van der Waals surface area contributed by atoms with Gasteiger partial charge in [0.25, 0.3) is 0 Å². The first-order valence-corrected chi connectivity index (χ1v) is 8.37. The van der Waals surface area contributed by atoms with Gasteiger partial charge in [-0.05, 0) is 12.8 Å². The average Bonchev–Trinajstić information content (AvgIpc) is 2.52. The smallest absolute Gasteiger partial charge is 0.305 e. The predicted octanol–water partition coefficient (Wildman–Crippen LogP) is 0.763. The van der Waals surface area contributed by atoms with Gasteiger partial charge in [-0.2, -0.15) is 5.26 Å². The number of nitrogens with zero attached hydrogens (tertiary/aromatic N) is 1. The minimum atomic E-state index is -1.37. The van der Waals surface area contributed by atoms with Crippen LogP contribution in [0.25, 0.3) is 0 Å². The van der Waals surface area contributed by atoms with Crippen LogP contribution in [-0.2, 0) is 42.9 Å². The Morgan fingerprint density at radius 2 is 1.30 bits per heavy atom. The van der Waals surface area contributed by atoms with Crippen molar-refractivity contribution in [3.8, 4) is 6.07 Å². The maximum Gasteiger partial charge on any atom is 0.305 e. The largest absolute Gasteiger partial charge is 0.456 e. The SMILES string of the molecule is CC(=O)O[C@H]1O[C@H](CCCC#N)[C@@H](OC(C)=O)[C@H](OC(C)=O)[C@H]1OC(C)=O. The Hall–Kier alpha value is -2.67. The third-order valence-electron chi connectivity index (χ3n) is 3.56. The van der Waals surface area contributed by atoms with Gasteiger partial charge < -0.3 is 23.7 Å². The third kappa shape index (κ3) is 7.22. The molecular formula is C17H23NO9. The zero-order valence-electron chi connectivity index (χ0n) is 15.6. The molecule has 0 aromatic carbocycles. The molecule has 0 N–H and O–H groups in total. The van der Waals surface area contributed by atoms with Crippen molar-refractivity contribution in [1.29, 1.82) is 5.26 Å². The summed E-state index contributed by atoms with van der Waals surface area (Å²) in [5.41, 5.74) is 0. The van der Waals surface area contributed by atoms with Crippen LogP contribution in [0, 0.1) is 11.3 Å². The van der Waals surface area contributed by atoms with Crippen LogP contribution in [0.5, 0.6) is 0 Å². The molecule has 27 heavy (non-hydrogen) atoms. The number of carbonyl (C=O) groups excluding carboxylic acids is 4. The summed E-state index contributed by atoms with van der Waals surface area (Å²) >= 11 is 0. The molecule has 150 valence electrons. The van der Waals surface area contributed by atoms with E-state index in [1.807, 2.05) is 6.07 Å². The Bertz CT molecular complexity index is 612. The number of nitriles is 1. The first-order valence-electron chi connectivity index (χ1n) is 8.37. The lowest BCUT2D eigenvalue weighted by Crippen LogP contribution is -2.62. The monoisotopic (exact) mass is 385 g/mol. The molecule has 1 saturated heterocycles.